The van der Waals surface area contributed by atoms with E-state index in [1.54, 1.807) is 0 Å². The van der Waals surface area contributed by atoms with Crippen LogP contribution in [0.5, 0.6) is 0 Å². The highest BCUT2D eigenvalue weighted by atomic mass is 19.1. The van der Waals surface area contributed by atoms with Crippen molar-refractivity contribution in [2.24, 2.45) is 17.6 Å². The molecule has 0 fully saturated rings. The monoisotopic (exact) mass is 203 g/mol. The molecule has 0 rings (SSSR count). The molecule has 0 aromatic carbocycles. The molecule has 0 saturated heterocycles. The Kier molecular flexibility index (Phi) is 9.37. The fraction of sp³-hybridized carbons (Fsp3) is 1.00. The molecule has 2 atom stereocenters. The number of alkyl halides is 1. The van der Waals surface area contributed by atoms with Crippen LogP contribution in [-0.4, -0.2) is 13.2 Å². The summed E-state index contributed by atoms with van der Waals surface area (Å²) in [5, 5.41) is 0. The average Bonchev–Trinajstić information content (AvgIpc) is 2.15. The van der Waals surface area contributed by atoms with Gasteiger partial charge in [0, 0.05) is 0 Å². The Hall–Kier alpha value is -0.110. The van der Waals surface area contributed by atoms with Gasteiger partial charge in [-0.25, -0.2) is 0 Å². The second kappa shape index (κ2) is 9.45. The Labute approximate surface area is 88.3 Å². The third kappa shape index (κ3) is 7.31. The summed E-state index contributed by atoms with van der Waals surface area (Å²) < 4.78 is 12.1. The van der Waals surface area contributed by atoms with Crippen LogP contribution in [0.15, 0.2) is 0 Å². The van der Waals surface area contributed by atoms with E-state index in [0.29, 0.717) is 12.3 Å². The molecule has 0 amide bonds. The standard InChI is InChI=1S/C12H26FN/c1-3-4-5-12(7-9-14)10-11(2)6-8-13/h11-12H,3-10,14H2,1-2H3. The fourth-order valence-corrected chi connectivity index (χ4v) is 1.98. The zero-order chi connectivity index (χ0) is 10.8. The summed E-state index contributed by atoms with van der Waals surface area (Å²) >= 11 is 0. The zero-order valence-electron chi connectivity index (χ0n) is 9.77. The summed E-state index contributed by atoms with van der Waals surface area (Å²) in [6.45, 7) is 4.96. The molecule has 2 unspecified atom stereocenters. The fourth-order valence-electron chi connectivity index (χ4n) is 1.98. The van der Waals surface area contributed by atoms with Gasteiger partial charge in [-0.1, -0.05) is 33.1 Å². The Morgan fingerprint density at radius 3 is 2.43 bits per heavy atom. The summed E-state index contributed by atoms with van der Waals surface area (Å²) in [6.07, 6.45) is 6.78. The highest BCUT2D eigenvalue weighted by Crippen LogP contribution is 2.22. The smallest absolute Gasteiger partial charge is 0.0897 e. The van der Waals surface area contributed by atoms with Crippen LogP contribution in [0.3, 0.4) is 0 Å². The Balaban J connectivity index is 3.69. The third-order valence-corrected chi connectivity index (χ3v) is 2.88. The van der Waals surface area contributed by atoms with Crippen molar-refractivity contribution in [1.29, 1.82) is 0 Å². The van der Waals surface area contributed by atoms with Crippen molar-refractivity contribution in [2.75, 3.05) is 13.2 Å². The van der Waals surface area contributed by atoms with Crippen molar-refractivity contribution in [1.82, 2.24) is 0 Å². The van der Waals surface area contributed by atoms with E-state index in [1.807, 2.05) is 0 Å². The van der Waals surface area contributed by atoms with Gasteiger partial charge in [-0.05, 0) is 37.6 Å². The first-order valence-corrected chi connectivity index (χ1v) is 6.00. The maximum atomic E-state index is 12.1. The van der Waals surface area contributed by atoms with Gasteiger partial charge in [-0.2, -0.15) is 0 Å². The van der Waals surface area contributed by atoms with Gasteiger partial charge in [0.05, 0.1) is 6.67 Å². The second-order valence-corrected chi connectivity index (χ2v) is 4.40. The van der Waals surface area contributed by atoms with E-state index in [9.17, 15) is 4.39 Å². The molecule has 0 heterocycles. The third-order valence-electron chi connectivity index (χ3n) is 2.88. The lowest BCUT2D eigenvalue weighted by Gasteiger charge is -2.19. The normalized spacial score (nSPS) is 15.4. The summed E-state index contributed by atoms with van der Waals surface area (Å²) in [5.74, 6) is 1.25. The maximum Gasteiger partial charge on any atom is 0.0897 e. The molecule has 0 radical (unpaired) electrons. The molecule has 86 valence electrons. The predicted molar refractivity (Wildman–Crippen MR) is 61.1 cm³/mol. The van der Waals surface area contributed by atoms with Crippen molar-refractivity contribution in [3.63, 3.8) is 0 Å². The van der Waals surface area contributed by atoms with Crippen LogP contribution >= 0.6 is 0 Å². The lowest BCUT2D eigenvalue weighted by molar-refractivity contribution is 0.310. The SMILES string of the molecule is CCCCC(CCN)CC(C)CCF. The lowest BCUT2D eigenvalue weighted by Crippen LogP contribution is -2.12. The topological polar surface area (TPSA) is 26.0 Å². The van der Waals surface area contributed by atoms with Crippen molar-refractivity contribution < 1.29 is 4.39 Å². The number of rotatable bonds is 9. The number of hydrogen-bond acceptors (Lipinski definition) is 1. The molecule has 0 aromatic rings. The van der Waals surface area contributed by atoms with Crippen LogP contribution in [0.2, 0.25) is 0 Å². The minimum absolute atomic E-state index is 0.176. The number of hydrogen-bond donors (Lipinski definition) is 1. The average molecular weight is 203 g/mol. The maximum absolute atomic E-state index is 12.1. The van der Waals surface area contributed by atoms with Crippen molar-refractivity contribution in [3.8, 4) is 0 Å². The highest BCUT2D eigenvalue weighted by molar-refractivity contribution is 4.64. The van der Waals surface area contributed by atoms with E-state index in [4.69, 9.17) is 5.73 Å². The van der Waals surface area contributed by atoms with E-state index >= 15 is 0 Å². The van der Waals surface area contributed by atoms with Gasteiger partial charge >= 0.3 is 0 Å². The Morgan fingerprint density at radius 2 is 1.93 bits per heavy atom. The first-order chi connectivity index (χ1) is 6.74. The van der Waals surface area contributed by atoms with Crippen LogP contribution in [0.25, 0.3) is 0 Å². The van der Waals surface area contributed by atoms with Crippen LogP contribution in [0, 0.1) is 11.8 Å². The van der Waals surface area contributed by atoms with Gasteiger partial charge < -0.3 is 5.73 Å². The van der Waals surface area contributed by atoms with Crippen LogP contribution < -0.4 is 5.73 Å². The van der Waals surface area contributed by atoms with E-state index in [2.05, 4.69) is 13.8 Å². The van der Waals surface area contributed by atoms with Crippen molar-refractivity contribution >= 4 is 0 Å². The molecule has 0 aliphatic heterocycles. The van der Waals surface area contributed by atoms with Crippen LogP contribution in [0.4, 0.5) is 4.39 Å². The van der Waals surface area contributed by atoms with E-state index in [1.165, 1.54) is 19.3 Å². The minimum Gasteiger partial charge on any atom is -0.330 e. The van der Waals surface area contributed by atoms with Gasteiger partial charge in [0.15, 0.2) is 0 Å². The molecule has 0 bridgehead atoms. The minimum atomic E-state index is -0.176. The molecule has 0 aliphatic rings. The number of halogens is 1. The molecule has 0 saturated carbocycles. The molecule has 0 aliphatic carbocycles. The van der Waals surface area contributed by atoms with Crippen molar-refractivity contribution in [3.05, 3.63) is 0 Å². The van der Waals surface area contributed by atoms with E-state index < -0.39 is 0 Å². The summed E-state index contributed by atoms with van der Waals surface area (Å²) in [4.78, 5) is 0. The first kappa shape index (κ1) is 13.9. The van der Waals surface area contributed by atoms with Gasteiger partial charge in [-0.3, -0.25) is 4.39 Å². The summed E-state index contributed by atoms with van der Waals surface area (Å²) in [5.41, 5.74) is 5.58. The second-order valence-electron chi connectivity index (χ2n) is 4.40. The predicted octanol–water partition coefficient (Wildman–Crippen LogP) is 3.53. The van der Waals surface area contributed by atoms with Gasteiger partial charge in [0.2, 0.25) is 0 Å². The molecule has 1 nitrogen and oxygen atoms in total. The van der Waals surface area contributed by atoms with Gasteiger partial charge in [-0.15, -0.1) is 0 Å². The Bertz CT molecular complexity index is 117. The molecule has 0 spiro atoms. The number of nitrogens with two attached hydrogens (primary N) is 1. The van der Waals surface area contributed by atoms with E-state index in [-0.39, 0.29) is 6.67 Å². The summed E-state index contributed by atoms with van der Waals surface area (Å²) in [6, 6.07) is 0. The molecular formula is C12H26FN. The van der Waals surface area contributed by atoms with E-state index in [0.717, 1.165) is 25.3 Å². The zero-order valence-corrected chi connectivity index (χ0v) is 9.77. The number of unbranched alkanes of at least 4 members (excludes halogenated alkanes) is 1. The Morgan fingerprint density at radius 1 is 1.21 bits per heavy atom. The largest absolute Gasteiger partial charge is 0.330 e. The molecular weight excluding hydrogens is 177 g/mol. The first-order valence-electron chi connectivity index (χ1n) is 6.00. The quantitative estimate of drug-likeness (QED) is 0.609. The molecule has 0 aromatic heterocycles. The van der Waals surface area contributed by atoms with Crippen LogP contribution in [0.1, 0.15) is 52.4 Å². The van der Waals surface area contributed by atoms with Gasteiger partial charge in [0.1, 0.15) is 0 Å². The van der Waals surface area contributed by atoms with Crippen molar-refractivity contribution in [2.45, 2.75) is 52.4 Å². The molecule has 2 N–H and O–H groups in total. The lowest BCUT2D eigenvalue weighted by atomic mass is 9.88. The molecule has 14 heavy (non-hydrogen) atoms. The highest BCUT2D eigenvalue weighted by Gasteiger charge is 2.12. The van der Waals surface area contributed by atoms with Crippen LogP contribution in [-0.2, 0) is 0 Å². The molecule has 2 heteroatoms. The summed E-state index contributed by atoms with van der Waals surface area (Å²) in [7, 11) is 0. The van der Waals surface area contributed by atoms with Gasteiger partial charge in [0.25, 0.3) is 0 Å².